The minimum absolute atomic E-state index is 0.172. The van der Waals surface area contributed by atoms with Crippen LogP contribution in [0, 0.1) is 11.8 Å². The molecule has 3 heteroatoms. The Morgan fingerprint density at radius 2 is 1.50 bits per heavy atom. The summed E-state index contributed by atoms with van der Waals surface area (Å²) in [6.07, 6.45) is -0.872. The third kappa shape index (κ3) is 4.59. The topological polar surface area (TPSA) is 43.7 Å². The van der Waals surface area contributed by atoms with Crippen LogP contribution < -0.4 is 4.90 Å². The lowest BCUT2D eigenvalue weighted by Gasteiger charge is -2.27. The minimum Gasteiger partial charge on any atom is -0.508 e. The second kappa shape index (κ2) is 8.29. The molecule has 0 saturated heterocycles. The van der Waals surface area contributed by atoms with Gasteiger partial charge in [-0.1, -0.05) is 45.6 Å². The summed E-state index contributed by atoms with van der Waals surface area (Å²) < 4.78 is 0. The molecule has 0 aliphatic heterocycles. The van der Waals surface area contributed by atoms with Crippen molar-refractivity contribution in [1.82, 2.24) is 0 Å². The first kappa shape index (κ1) is 19.9. The Balaban J connectivity index is 2.49. The zero-order valence-electron chi connectivity index (χ0n) is 16.5. The zero-order chi connectivity index (χ0) is 19.4. The van der Waals surface area contributed by atoms with E-state index >= 15 is 0 Å². The van der Waals surface area contributed by atoms with Gasteiger partial charge in [0.1, 0.15) is 11.9 Å². The molecule has 0 heterocycles. The van der Waals surface area contributed by atoms with E-state index in [9.17, 15) is 10.2 Å². The quantitative estimate of drug-likeness (QED) is 0.778. The molecule has 0 aliphatic carbocycles. The summed E-state index contributed by atoms with van der Waals surface area (Å²) in [5.41, 5.74) is 5.16. The van der Waals surface area contributed by atoms with Crippen molar-refractivity contribution >= 4 is 5.69 Å². The maximum Gasteiger partial charge on any atom is 0.140 e. The highest BCUT2D eigenvalue weighted by molar-refractivity contribution is 5.63. The number of nitrogens with zero attached hydrogens (tertiary/aromatic N) is 1. The number of aromatic hydroxyl groups is 1. The van der Waals surface area contributed by atoms with Gasteiger partial charge in [0.2, 0.25) is 0 Å². The molecular formula is C23H29NO2. The van der Waals surface area contributed by atoms with E-state index in [0.717, 1.165) is 5.56 Å². The van der Waals surface area contributed by atoms with Crippen molar-refractivity contribution < 1.29 is 10.2 Å². The molecule has 1 atom stereocenters. The van der Waals surface area contributed by atoms with E-state index in [0.29, 0.717) is 17.4 Å². The normalized spacial score (nSPS) is 12.0. The van der Waals surface area contributed by atoms with Crippen LogP contribution in [-0.2, 0) is 0 Å². The molecule has 2 aromatic carbocycles. The Labute approximate surface area is 157 Å². The van der Waals surface area contributed by atoms with Gasteiger partial charge in [-0.3, -0.25) is 0 Å². The first-order valence-corrected chi connectivity index (χ1v) is 9.04. The molecule has 0 radical (unpaired) electrons. The van der Waals surface area contributed by atoms with E-state index in [2.05, 4.69) is 70.7 Å². The monoisotopic (exact) mass is 351 g/mol. The lowest BCUT2D eigenvalue weighted by atomic mass is 9.88. The summed E-state index contributed by atoms with van der Waals surface area (Å²) in [4.78, 5) is 2.15. The van der Waals surface area contributed by atoms with Crippen LogP contribution in [-0.4, -0.2) is 24.3 Å². The van der Waals surface area contributed by atoms with Gasteiger partial charge in [-0.15, -0.1) is 0 Å². The van der Waals surface area contributed by atoms with E-state index in [4.69, 9.17) is 0 Å². The standard InChI is InChI=1S/C23H29NO2/c1-15(2)20-13-18(14-21(16(3)4)23(20)24(5)6)22(26)11-10-17-8-7-9-19(25)12-17/h7-9,12-16,22,25-26H,1-6H3. The van der Waals surface area contributed by atoms with Crippen LogP contribution in [0.4, 0.5) is 5.69 Å². The average molecular weight is 351 g/mol. The highest BCUT2D eigenvalue weighted by Crippen LogP contribution is 2.37. The van der Waals surface area contributed by atoms with E-state index in [1.807, 2.05) is 6.07 Å². The Morgan fingerprint density at radius 1 is 0.923 bits per heavy atom. The Bertz CT molecular complexity index is 797. The van der Waals surface area contributed by atoms with Crippen molar-refractivity contribution in [1.29, 1.82) is 0 Å². The SMILES string of the molecule is CC(C)c1cc(C(O)C#Cc2cccc(O)c2)cc(C(C)C)c1N(C)C. The van der Waals surface area contributed by atoms with Crippen LogP contribution in [0.2, 0.25) is 0 Å². The highest BCUT2D eigenvalue weighted by Gasteiger charge is 2.19. The van der Waals surface area contributed by atoms with Crippen molar-refractivity contribution in [3.05, 3.63) is 58.7 Å². The van der Waals surface area contributed by atoms with Crippen molar-refractivity contribution in [3.63, 3.8) is 0 Å². The lowest BCUT2D eigenvalue weighted by Crippen LogP contribution is -2.16. The molecule has 0 bridgehead atoms. The van der Waals surface area contributed by atoms with Gasteiger partial charge < -0.3 is 15.1 Å². The highest BCUT2D eigenvalue weighted by atomic mass is 16.3. The predicted molar refractivity (Wildman–Crippen MR) is 109 cm³/mol. The van der Waals surface area contributed by atoms with Crippen LogP contribution in [0.1, 0.15) is 67.9 Å². The summed E-state index contributed by atoms with van der Waals surface area (Å²) in [6.45, 7) is 8.67. The summed E-state index contributed by atoms with van der Waals surface area (Å²) in [7, 11) is 4.12. The average Bonchev–Trinajstić information content (AvgIpc) is 2.58. The first-order chi connectivity index (χ1) is 12.2. The van der Waals surface area contributed by atoms with E-state index in [1.165, 1.54) is 16.8 Å². The molecular weight excluding hydrogens is 322 g/mol. The van der Waals surface area contributed by atoms with Gasteiger partial charge in [0.15, 0.2) is 0 Å². The van der Waals surface area contributed by atoms with Crippen LogP contribution in [0.15, 0.2) is 36.4 Å². The predicted octanol–water partition coefficient (Wildman–Crippen LogP) is 4.79. The van der Waals surface area contributed by atoms with Crippen molar-refractivity contribution in [2.24, 2.45) is 0 Å². The Kier molecular flexibility index (Phi) is 6.34. The molecule has 2 N–H and O–H groups in total. The van der Waals surface area contributed by atoms with E-state index < -0.39 is 6.10 Å². The number of phenols is 1. The zero-order valence-corrected chi connectivity index (χ0v) is 16.5. The van der Waals surface area contributed by atoms with Gasteiger partial charge in [-0.25, -0.2) is 0 Å². The second-order valence-electron chi connectivity index (χ2n) is 7.47. The summed E-state index contributed by atoms with van der Waals surface area (Å²) in [5.74, 6) is 6.71. The molecule has 2 aromatic rings. The van der Waals surface area contributed by atoms with E-state index in [-0.39, 0.29) is 5.75 Å². The summed E-state index contributed by atoms with van der Waals surface area (Å²) in [6, 6.07) is 10.9. The van der Waals surface area contributed by atoms with Crippen LogP contribution >= 0.6 is 0 Å². The van der Waals surface area contributed by atoms with Crippen LogP contribution in [0.3, 0.4) is 0 Å². The minimum atomic E-state index is -0.872. The number of phenolic OH excluding ortho intramolecular Hbond substituents is 1. The van der Waals surface area contributed by atoms with Crippen molar-refractivity contribution in [3.8, 4) is 17.6 Å². The van der Waals surface area contributed by atoms with Crippen molar-refractivity contribution in [2.75, 3.05) is 19.0 Å². The number of hydrogen-bond donors (Lipinski definition) is 2. The maximum absolute atomic E-state index is 10.6. The maximum atomic E-state index is 10.6. The number of aliphatic hydroxyl groups is 1. The van der Waals surface area contributed by atoms with Gasteiger partial charge in [0.05, 0.1) is 0 Å². The third-order valence-corrected chi connectivity index (χ3v) is 4.40. The first-order valence-electron chi connectivity index (χ1n) is 9.04. The fourth-order valence-corrected chi connectivity index (χ4v) is 3.08. The number of anilines is 1. The number of benzene rings is 2. The molecule has 26 heavy (non-hydrogen) atoms. The molecule has 2 rings (SSSR count). The fourth-order valence-electron chi connectivity index (χ4n) is 3.08. The number of hydrogen-bond acceptors (Lipinski definition) is 3. The lowest BCUT2D eigenvalue weighted by molar-refractivity contribution is 0.238. The van der Waals surface area contributed by atoms with Crippen molar-refractivity contribution in [2.45, 2.75) is 45.6 Å². The van der Waals surface area contributed by atoms with Gasteiger partial charge in [0, 0.05) is 25.3 Å². The second-order valence-corrected chi connectivity index (χ2v) is 7.47. The Hall–Kier alpha value is -2.44. The molecule has 0 spiro atoms. The van der Waals surface area contributed by atoms with Gasteiger partial charge in [-0.05, 0) is 58.9 Å². The molecule has 0 aromatic heterocycles. The summed E-state index contributed by atoms with van der Waals surface area (Å²) in [5, 5.41) is 20.2. The molecule has 0 fully saturated rings. The molecule has 0 amide bonds. The van der Waals surface area contributed by atoms with E-state index in [1.54, 1.807) is 18.2 Å². The number of aliphatic hydroxyl groups excluding tert-OH is 1. The molecule has 0 saturated carbocycles. The van der Waals surface area contributed by atoms with Gasteiger partial charge >= 0.3 is 0 Å². The van der Waals surface area contributed by atoms with Crippen LogP contribution in [0.25, 0.3) is 0 Å². The molecule has 1 unspecified atom stereocenters. The molecule has 3 nitrogen and oxygen atoms in total. The summed E-state index contributed by atoms with van der Waals surface area (Å²) >= 11 is 0. The largest absolute Gasteiger partial charge is 0.508 e. The Morgan fingerprint density at radius 3 is 1.96 bits per heavy atom. The van der Waals surface area contributed by atoms with Gasteiger partial charge in [0.25, 0.3) is 0 Å². The smallest absolute Gasteiger partial charge is 0.140 e. The van der Waals surface area contributed by atoms with Gasteiger partial charge in [-0.2, -0.15) is 0 Å². The number of rotatable bonds is 4. The van der Waals surface area contributed by atoms with Crippen LogP contribution in [0.5, 0.6) is 5.75 Å². The molecule has 138 valence electrons. The molecule has 0 aliphatic rings. The third-order valence-electron chi connectivity index (χ3n) is 4.40. The fraction of sp³-hybridized carbons (Fsp3) is 0.391.